The molecule has 1 N–H and O–H groups in total. The van der Waals surface area contributed by atoms with Crippen LogP contribution in [0, 0.1) is 6.92 Å². The van der Waals surface area contributed by atoms with Crippen LogP contribution >= 0.6 is 11.8 Å². The molecule has 0 unspecified atom stereocenters. The van der Waals surface area contributed by atoms with Crippen LogP contribution in [0.1, 0.15) is 18.1 Å². The van der Waals surface area contributed by atoms with Gasteiger partial charge < -0.3 is 4.74 Å². The largest absolute Gasteiger partial charge is 0.497 e. The molecule has 8 heteroatoms. The molecule has 1 heterocycles. The van der Waals surface area contributed by atoms with E-state index >= 15 is 0 Å². The van der Waals surface area contributed by atoms with Crippen LogP contribution in [0.2, 0.25) is 0 Å². The Morgan fingerprint density at radius 1 is 0.850 bits per heavy atom. The van der Waals surface area contributed by atoms with Crippen molar-refractivity contribution in [3.63, 3.8) is 0 Å². The van der Waals surface area contributed by atoms with Crippen molar-refractivity contribution in [3.8, 4) is 34.0 Å². The van der Waals surface area contributed by atoms with Crippen molar-refractivity contribution < 1.29 is 9.53 Å². The quantitative estimate of drug-likeness (QED) is 0.129. The number of hydrogen-bond donors (Lipinski definition) is 1. The average molecular weight is 548 g/mol. The van der Waals surface area contributed by atoms with Crippen LogP contribution in [0.3, 0.4) is 0 Å². The van der Waals surface area contributed by atoms with Crippen molar-refractivity contribution >= 4 is 23.4 Å². The number of carbonyl (C=O) groups excluding carboxylic acids is 1. The Morgan fingerprint density at radius 3 is 2.17 bits per heavy atom. The number of benzene rings is 4. The number of ether oxygens (including phenoxy) is 1. The van der Waals surface area contributed by atoms with Gasteiger partial charge in [0.15, 0.2) is 11.0 Å². The van der Waals surface area contributed by atoms with E-state index in [0.717, 1.165) is 45.0 Å². The van der Waals surface area contributed by atoms with Crippen LogP contribution in [0.15, 0.2) is 113 Å². The molecule has 0 bridgehead atoms. The van der Waals surface area contributed by atoms with Gasteiger partial charge >= 0.3 is 0 Å². The topological polar surface area (TPSA) is 81.4 Å². The zero-order valence-corrected chi connectivity index (χ0v) is 23.4. The molecule has 1 amide bonds. The SMILES string of the molecule is COc1ccc(-n2c(SCC(=O)NN=C(C)c3ccc(-c4ccccc4)cc3)nnc2-c2ccc(C)cc2)cc1. The average Bonchev–Trinajstić information content (AvgIpc) is 3.43. The molecule has 4 aromatic carbocycles. The number of thioether (sulfide) groups is 1. The van der Waals surface area contributed by atoms with Crippen molar-refractivity contribution in [1.82, 2.24) is 20.2 Å². The number of methoxy groups -OCH3 is 1. The first kappa shape index (κ1) is 26.9. The Hall–Kier alpha value is -4.69. The maximum atomic E-state index is 12.7. The summed E-state index contributed by atoms with van der Waals surface area (Å²) in [6.07, 6.45) is 0. The molecular formula is C32H29N5O2S. The van der Waals surface area contributed by atoms with Gasteiger partial charge in [0.25, 0.3) is 5.91 Å². The summed E-state index contributed by atoms with van der Waals surface area (Å²) in [5, 5.41) is 13.8. The Labute approximate surface area is 237 Å². The first-order valence-corrected chi connectivity index (χ1v) is 13.8. The van der Waals surface area contributed by atoms with Crippen molar-refractivity contribution in [2.45, 2.75) is 19.0 Å². The first-order chi connectivity index (χ1) is 19.5. The molecule has 7 nitrogen and oxygen atoms in total. The highest BCUT2D eigenvalue weighted by Crippen LogP contribution is 2.29. The molecule has 0 aliphatic carbocycles. The number of nitrogens with zero attached hydrogens (tertiary/aromatic N) is 4. The predicted molar refractivity (Wildman–Crippen MR) is 161 cm³/mol. The monoisotopic (exact) mass is 547 g/mol. The summed E-state index contributed by atoms with van der Waals surface area (Å²) in [6.45, 7) is 3.92. The molecule has 0 fully saturated rings. The molecule has 0 atom stereocenters. The fourth-order valence-electron chi connectivity index (χ4n) is 4.12. The second-order valence-corrected chi connectivity index (χ2v) is 10.1. The number of aryl methyl sites for hydroxylation is 1. The smallest absolute Gasteiger partial charge is 0.250 e. The van der Waals surface area contributed by atoms with Crippen molar-refractivity contribution in [1.29, 1.82) is 0 Å². The van der Waals surface area contributed by atoms with E-state index in [1.165, 1.54) is 11.8 Å². The van der Waals surface area contributed by atoms with Gasteiger partial charge in [-0.15, -0.1) is 10.2 Å². The summed E-state index contributed by atoms with van der Waals surface area (Å²) in [7, 11) is 1.63. The highest BCUT2D eigenvalue weighted by Gasteiger charge is 2.17. The Bertz CT molecular complexity index is 1610. The molecule has 1 aromatic heterocycles. The lowest BCUT2D eigenvalue weighted by molar-refractivity contribution is -0.118. The lowest BCUT2D eigenvalue weighted by atomic mass is 10.0. The van der Waals surface area contributed by atoms with Gasteiger partial charge in [-0.05, 0) is 54.8 Å². The minimum Gasteiger partial charge on any atom is -0.497 e. The fourth-order valence-corrected chi connectivity index (χ4v) is 4.87. The number of amides is 1. The van der Waals surface area contributed by atoms with E-state index < -0.39 is 0 Å². The van der Waals surface area contributed by atoms with Crippen LogP contribution < -0.4 is 10.2 Å². The summed E-state index contributed by atoms with van der Waals surface area (Å²) in [4.78, 5) is 12.7. The van der Waals surface area contributed by atoms with Gasteiger partial charge in [-0.25, -0.2) is 5.43 Å². The number of aromatic nitrogens is 3. The summed E-state index contributed by atoms with van der Waals surface area (Å²) < 4.78 is 7.27. The second-order valence-electron chi connectivity index (χ2n) is 9.17. The molecule has 0 saturated heterocycles. The van der Waals surface area contributed by atoms with E-state index in [1.54, 1.807) is 7.11 Å². The Balaban J connectivity index is 1.29. The zero-order chi connectivity index (χ0) is 27.9. The van der Waals surface area contributed by atoms with Crippen molar-refractivity contribution in [2.24, 2.45) is 5.10 Å². The Morgan fingerprint density at radius 2 is 1.50 bits per heavy atom. The minimum absolute atomic E-state index is 0.131. The maximum Gasteiger partial charge on any atom is 0.250 e. The lowest BCUT2D eigenvalue weighted by Crippen LogP contribution is -2.21. The third kappa shape index (κ3) is 6.30. The van der Waals surface area contributed by atoms with Gasteiger partial charge in [0, 0.05) is 11.3 Å². The standard InChI is InChI=1S/C32H29N5O2S/c1-22-9-11-27(12-10-22)31-35-36-32(37(31)28-17-19-29(39-3)20-18-28)40-21-30(38)34-33-23(2)24-13-15-26(16-14-24)25-7-5-4-6-8-25/h4-20H,21H2,1-3H3,(H,34,38). The summed E-state index contributed by atoms with van der Waals surface area (Å²) in [6, 6.07) is 34.1. The van der Waals surface area contributed by atoms with E-state index in [9.17, 15) is 4.79 Å². The normalized spacial score (nSPS) is 11.3. The van der Waals surface area contributed by atoms with Crippen LogP contribution in [0.4, 0.5) is 0 Å². The number of nitrogens with one attached hydrogen (secondary N) is 1. The lowest BCUT2D eigenvalue weighted by Gasteiger charge is -2.11. The molecule has 5 aromatic rings. The number of hydrazone groups is 1. The maximum absolute atomic E-state index is 12.7. The Kier molecular flexibility index (Phi) is 8.37. The van der Waals surface area contributed by atoms with E-state index in [4.69, 9.17) is 4.74 Å². The molecule has 0 saturated carbocycles. The zero-order valence-electron chi connectivity index (χ0n) is 22.5. The van der Waals surface area contributed by atoms with Gasteiger partial charge in [0.1, 0.15) is 5.75 Å². The number of rotatable bonds is 9. The highest BCUT2D eigenvalue weighted by atomic mass is 32.2. The first-order valence-electron chi connectivity index (χ1n) is 12.8. The van der Waals surface area contributed by atoms with Gasteiger partial charge in [-0.2, -0.15) is 5.10 Å². The van der Waals surface area contributed by atoms with E-state index in [-0.39, 0.29) is 11.7 Å². The molecule has 0 aliphatic heterocycles. The van der Waals surface area contributed by atoms with Crippen LogP contribution in [0.5, 0.6) is 5.75 Å². The van der Waals surface area contributed by atoms with E-state index in [0.29, 0.717) is 11.0 Å². The van der Waals surface area contributed by atoms with Gasteiger partial charge in [0.05, 0.1) is 18.6 Å². The number of hydrogen-bond acceptors (Lipinski definition) is 6. The molecule has 0 aliphatic rings. The molecule has 5 rings (SSSR count). The van der Waals surface area contributed by atoms with E-state index in [2.05, 4.69) is 45.0 Å². The summed E-state index contributed by atoms with van der Waals surface area (Å²) in [5.74, 6) is 1.35. The second kappa shape index (κ2) is 12.4. The molecule has 40 heavy (non-hydrogen) atoms. The third-order valence-electron chi connectivity index (χ3n) is 6.36. The van der Waals surface area contributed by atoms with Crippen LogP contribution in [0.25, 0.3) is 28.2 Å². The molecular weight excluding hydrogens is 518 g/mol. The predicted octanol–water partition coefficient (Wildman–Crippen LogP) is 6.55. The fraction of sp³-hybridized carbons (Fsp3) is 0.125. The third-order valence-corrected chi connectivity index (χ3v) is 7.29. The van der Waals surface area contributed by atoms with Gasteiger partial charge in [-0.3, -0.25) is 9.36 Å². The summed E-state index contributed by atoms with van der Waals surface area (Å²) >= 11 is 1.30. The van der Waals surface area contributed by atoms with Gasteiger partial charge in [0.2, 0.25) is 0 Å². The molecule has 0 spiro atoms. The van der Waals surface area contributed by atoms with Gasteiger partial charge in [-0.1, -0.05) is 96.2 Å². The van der Waals surface area contributed by atoms with Crippen LogP contribution in [-0.4, -0.2) is 39.2 Å². The van der Waals surface area contributed by atoms with Crippen molar-refractivity contribution in [2.75, 3.05) is 12.9 Å². The van der Waals surface area contributed by atoms with Crippen molar-refractivity contribution in [3.05, 3.63) is 114 Å². The van der Waals surface area contributed by atoms with E-state index in [1.807, 2.05) is 97.3 Å². The molecule has 200 valence electrons. The minimum atomic E-state index is -0.230. The van der Waals surface area contributed by atoms with Crippen LogP contribution in [-0.2, 0) is 4.79 Å². The summed E-state index contributed by atoms with van der Waals surface area (Å²) in [5.41, 5.74) is 9.58. The number of carbonyl (C=O) groups is 1. The molecule has 0 radical (unpaired) electrons. The highest BCUT2D eigenvalue weighted by molar-refractivity contribution is 7.99.